The topological polar surface area (TPSA) is 86.8 Å². The van der Waals surface area contributed by atoms with Crippen molar-refractivity contribution >= 4 is 39.1 Å². The summed E-state index contributed by atoms with van der Waals surface area (Å²) in [6.45, 7) is 9.01. The van der Waals surface area contributed by atoms with Gasteiger partial charge in [-0.15, -0.1) is 0 Å². The van der Waals surface area contributed by atoms with Crippen molar-refractivity contribution in [3.63, 3.8) is 0 Å². The number of nitrogens with zero attached hydrogens (tertiary/aromatic N) is 2. The van der Waals surface area contributed by atoms with Crippen molar-refractivity contribution in [3.05, 3.63) is 100 Å². The van der Waals surface area contributed by atoms with E-state index < -0.39 is 34.1 Å². The van der Waals surface area contributed by atoms with E-state index in [-0.39, 0.29) is 18.9 Å². The molecule has 214 valence electrons. The quantitative estimate of drug-likeness (QED) is 0.352. The molecule has 3 aromatic carbocycles. The molecule has 1 N–H and O–H groups in total. The molecule has 9 heteroatoms. The fourth-order valence-electron chi connectivity index (χ4n) is 4.50. The van der Waals surface area contributed by atoms with Crippen molar-refractivity contribution in [2.75, 3.05) is 17.1 Å². The number of amides is 2. The van der Waals surface area contributed by atoms with E-state index in [1.165, 1.54) is 4.90 Å². The first kappa shape index (κ1) is 31.2. The van der Waals surface area contributed by atoms with Gasteiger partial charge in [-0.1, -0.05) is 60.1 Å². The summed E-state index contributed by atoms with van der Waals surface area (Å²) in [5.41, 5.74) is 3.25. The molecule has 40 heavy (non-hydrogen) atoms. The highest BCUT2D eigenvalue weighted by atomic mass is 35.5. The van der Waals surface area contributed by atoms with Gasteiger partial charge in [0.15, 0.2) is 0 Å². The standard InChI is InChI=1S/C31H38ClN3O4S/c1-22-16-23(2)18-27(17-22)35(40(6,38)39)21-29(36)34(20-25-12-14-26(32)15-13-25)28(30(37)33-31(3,4)5)19-24-10-8-7-9-11-24/h7-18,28H,19-21H2,1-6H3,(H,33,37)/t28-/m0/s1. The molecule has 3 aromatic rings. The van der Waals surface area contributed by atoms with Crippen LogP contribution in [0.25, 0.3) is 0 Å². The smallest absolute Gasteiger partial charge is 0.244 e. The lowest BCUT2D eigenvalue weighted by Gasteiger charge is -2.35. The summed E-state index contributed by atoms with van der Waals surface area (Å²) in [4.78, 5) is 29.3. The zero-order valence-corrected chi connectivity index (χ0v) is 25.5. The molecule has 0 saturated heterocycles. The van der Waals surface area contributed by atoms with E-state index in [4.69, 9.17) is 11.6 Å². The third kappa shape index (κ3) is 9.10. The van der Waals surface area contributed by atoms with Crippen molar-refractivity contribution in [2.24, 2.45) is 0 Å². The summed E-state index contributed by atoms with van der Waals surface area (Å²) in [6.07, 6.45) is 1.33. The molecular formula is C31H38ClN3O4S. The Balaban J connectivity index is 2.08. The van der Waals surface area contributed by atoms with Gasteiger partial charge in [-0.3, -0.25) is 13.9 Å². The summed E-state index contributed by atoms with van der Waals surface area (Å²) in [7, 11) is -3.82. The lowest BCUT2D eigenvalue weighted by atomic mass is 10.0. The number of carbonyl (C=O) groups excluding carboxylic acids is 2. The number of halogens is 1. The Labute approximate surface area is 243 Å². The second-order valence-electron chi connectivity index (χ2n) is 11.2. The van der Waals surface area contributed by atoms with Crippen LogP contribution in [0.4, 0.5) is 5.69 Å². The van der Waals surface area contributed by atoms with Crippen LogP contribution in [0.15, 0.2) is 72.8 Å². The SMILES string of the molecule is Cc1cc(C)cc(N(CC(=O)N(Cc2ccc(Cl)cc2)[C@@H](Cc2ccccc2)C(=O)NC(C)(C)C)S(C)(=O)=O)c1. The van der Waals surface area contributed by atoms with Crippen LogP contribution in [-0.2, 0) is 32.6 Å². The van der Waals surface area contributed by atoms with Gasteiger partial charge in [0, 0.05) is 23.5 Å². The van der Waals surface area contributed by atoms with E-state index in [9.17, 15) is 18.0 Å². The first-order valence-electron chi connectivity index (χ1n) is 13.1. The zero-order chi connectivity index (χ0) is 29.7. The molecule has 0 bridgehead atoms. The van der Waals surface area contributed by atoms with Gasteiger partial charge in [0.1, 0.15) is 12.6 Å². The van der Waals surface area contributed by atoms with Gasteiger partial charge in [0.05, 0.1) is 11.9 Å². The van der Waals surface area contributed by atoms with Crippen molar-refractivity contribution in [3.8, 4) is 0 Å². The van der Waals surface area contributed by atoms with Crippen LogP contribution in [0.1, 0.15) is 43.0 Å². The molecule has 1 atom stereocenters. The Morgan fingerprint density at radius 3 is 2.00 bits per heavy atom. The maximum Gasteiger partial charge on any atom is 0.244 e. The number of sulfonamides is 1. The van der Waals surface area contributed by atoms with Gasteiger partial charge in [0.25, 0.3) is 0 Å². The summed E-state index contributed by atoms with van der Waals surface area (Å²) >= 11 is 6.10. The molecule has 0 aliphatic rings. The first-order valence-corrected chi connectivity index (χ1v) is 15.3. The lowest BCUT2D eigenvalue weighted by Crippen LogP contribution is -2.56. The molecule has 0 unspecified atom stereocenters. The summed E-state index contributed by atoms with van der Waals surface area (Å²) in [5, 5.41) is 3.56. The van der Waals surface area contributed by atoms with Crippen molar-refractivity contribution in [1.82, 2.24) is 10.2 Å². The van der Waals surface area contributed by atoms with E-state index in [1.54, 1.807) is 36.4 Å². The highest BCUT2D eigenvalue weighted by Gasteiger charge is 2.34. The van der Waals surface area contributed by atoms with Crippen LogP contribution in [0.2, 0.25) is 5.02 Å². The predicted octanol–water partition coefficient (Wildman–Crippen LogP) is 5.28. The normalized spacial score (nSPS) is 12.5. The fourth-order valence-corrected chi connectivity index (χ4v) is 5.46. The molecule has 0 heterocycles. The number of benzene rings is 3. The number of nitrogens with one attached hydrogen (secondary N) is 1. The second kappa shape index (κ2) is 12.9. The summed E-state index contributed by atoms with van der Waals surface area (Å²) < 4.78 is 27.0. The Morgan fingerprint density at radius 2 is 1.48 bits per heavy atom. The number of hydrogen-bond donors (Lipinski definition) is 1. The first-order chi connectivity index (χ1) is 18.6. The predicted molar refractivity (Wildman–Crippen MR) is 162 cm³/mol. The van der Waals surface area contributed by atoms with Gasteiger partial charge < -0.3 is 10.2 Å². The number of anilines is 1. The van der Waals surface area contributed by atoms with E-state index in [2.05, 4.69) is 5.32 Å². The van der Waals surface area contributed by atoms with Crippen molar-refractivity contribution in [2.45, 2.75) is 59.2 Å². The number of hydrogen-bond acceptors (Lipinski definition) is 4. The monoisotopic (exact) mass is 583 g/mol. The Morgan fingerprint density at radius 1 is 0.900 bits per heavy atom. The maximum absolute atomic E-state index is 14.1. The molecule has 2 amide bonds. The lowest BCUT2D eigenvalue weighted by molar-refractivity contribution is -0.140. The van der Waals surface area contributed by atoms with Crippen molar-refractivity contribution in [1.29, 1.82) is 0 Å². The van der Waals surface area contributed by atoms with Crippen LogP contribution in [0, 0.1) is 13.8 Å². The van der Waals surface area contributed by atoms with Crippen LogP contribution in [-0.4, -0.2) is 49.5 Å². The number of aryl methyl sites for hydroxylation is 2. The zero-order valence-electron chi connectivity index (χ0n) is 23.9. The highest BCUT2D eigenvalue weighted by molar-refractivity contribution is 7.92. The van der Waals surface area contributed by atoms with Crippen LogP contribution < -0.4 is 9.62 Å². The van der Waals surface area contributed by atoms with E-state index in [0.717, 1.165) is 32.8 Å². The van der Waals surface area contributed by atoms with Gasteiger partial charge in [-0.05, 0) is 81.1 Å². The highest BCUT2D eigenvalue weighted by Crippen LogP contribution is 2.23. The summed E-state index contributed by atoms with van der Waals surface area (Å²) in [6, 6.07) is 21.0. The third-order valence-electron chi connectivity index (χ3n) is 6.21. The molecule has 0 aliphatic heterocycles. The van der Waals surface area contributed by atoms with E-state index >= 15 is 0 Å². The minimum absolute atomic E-state index is 0.0928. The summed E-state index contributed by atoms with van der Waals surface area (Å²) in [5.74, 6) is -0.819. The number of carbonyl (C=O) groups is 2. The van der Waals surface area contributed by atoms with Gasteiger partial charge in [-0.2, -0.15) is 0 Å². The molecule has 0 radical (unpaired) electrons. The molecule has 0 aliphatic carbocycles. The van der Waals surface area contributed by atoms with Crippen LogP contribution in [0.5, 0.6) is 0 Å². The molecule has 0 fully saturated rings. The average Bonchev–Trinajstić information content (AvgIpc) is 2.84. The van der Waals surface area contributed by atoms with Crippen molar-refractivity contribution < 1.29 is 18.0 Å². The third-order valence-corrected chi connectivity index (χ3v) is 7.60. The Bertz CT molecular complexity index is 1420. The second-order valence-corrected chi connectivity index (χ2v) is 13.6. The Hall–Kier alpha value is -3.36. The van der Waals surface area contributed by atoms with Gasteiger partial charge in [-0.25, -0.2) is 8.42 Å². The molecule has 0 saturated carbocycles. The van der Waals surface area contributed by atoms with Gasteiger partial charge >= 0.3 is 0 Å². The van der Waals surface area contributed by atoms with E-state index in [1.807, 2.05) is 71.0 Å². The van der Waals surface area contributed by atoms with Crippen LogP contribution >= 0.6 is 11.6 Å². The Kier molecular flexibility index (Phi) is 10.0. The molecular weight excluding hydrogens is 546 g/mol. The molecule has 7 nitrogen and oxygen atoms in total. The van der Waals surface area contributed by atoms with Crippen LogP contribution in [0.3, 0.4) is 0 Å². The maximum atomic E-state index is 14.1. The molecule has 0 aromatic heterocycles. The molecule has 0 spiro atoms. The minimum Gasteiger partial charge on any atom is -0.350 e. The molecule has 3 rings (SSSR count). The fraction of sp³-hybridized carbons (Fsp3) is 0.355. The largest absolute Gasteiger partial charge is 0.350 e. The van der Waals surface area contributed by atoms with Gasteiger partial charge in [0.2, 0.25) is 21.8 Å². The number of rotatable bonds is 10. The minimum atomic E-state index is -3.82. The van der Waals surface area contributed by atoms with E-state index in [0.29, 0.717) is 10.7 Å². The average molecular weight is 584 g/mol.